The standard InChI is InChI=1S/C5H10N4S/c1-4-8-9-5(10-4)7-3-2-6/h2-3,6H2,1H3,(H,7,9). The molecule has 0 aliphatic rings. The predicted octanol–water partition coefficient (Wildman–Crippen LogP) is 0.217. The predicted molar refractivity (Wildman–Crippen MR) is 42.2 cm³/mol. The van der Waals surface area contributed by atoms with Crippen molar-refractivity contribution >= 4 is 16.5 Å². The van der Waals surface area contributed by atoms with Gasteiger partial charge in [-0.3, -0.25) is 0 Å². The summed E-state index contributed by atoms with van der Waals surface area (Å²) in [6.07, 6.45) is 0. The van der Waals surface area contributed by atoms with Gasteiger partial charge in [-0.15, -0.1) is 10.2 Å². The molecule has 0 bridgehead atoms. The smallest absolute Gasteiger partial charge is 0.205 e. The number of aryl methyl sites for hydroxylation is 1. The first kappa shape index (κ1) is 7.43. The van der Waals surface area contributed by atoms with Crippen molar-refractivity contribution in [2.24, 2.45) is 5.73 Å². The first-order valence-corrected chi connectivity index (χ1v) is 3.88. The average Bonchev–Trinajstić information content (AvgIpc) is 2.31. The number of aromatic nitrogens is 2. The molecule has 0 saturated heterocycles. The number of hydrogen-bond donors (Lipinski definition) is 2. The summed E-state index contributed by atoms with van der Waals surface area (Å²) in [6.45, 7) is 3.30. The second-order valence-corrected chi connectivity index (χ2v) is 3.02. The SMILES string of the molecule is Cc1nnc(NCCN)s1. The summed E-state index contributed by atoms with van der Waals surface area (Å²) in [4.78, 5) is 0. The third-order valence-electron chi connectivity index (χ3n) is 0.947. The number of anilines is 1. The summed E-state index contributed by atoms with van der Waals surface area (Å²) in [5.41, 5.74) is 5.28. The molecule has 0 amide bonds. The molecule has 1 aromatic heterocycles. The molecule has 1 heterocycles. The Morgan fingerprint density at radius 1 is 1.60 bits per heavy atom. The molecule has 0 radical (unpaired) electrons. The minimum Gasteiger partial charge on any atom is -0.359 e. The molecule has 0 aromatic carbocycles. The Labute approximate surface area is 63.5 Å². The van der Waals surface area contributed by atoms with Crippen LogP contribution in [0, 0.1) is 6.92 Å². The highest BCUT2D eigenvalue weighted by molar-refractivity contribution is 7.15. The molecule has 4 nitrogen and oxygen atoms in total. The number of nitrogens with one attached hydrogen (secondary N) is 1. The second-order valence-electron chi connectivity index (χ2n) is 1.84. The van der Waals surface area contributed by atoms with Crippen LogP contribution in [0.2, 0.25) is 0 Å². The maximum atomic E-state index is 5.28. The highest BCUT2D eigenvalue weighted by atomic mass is 32.1. The van der Waals surface area contributed by atoms with Gasteiger partial charge < -0.3 is 11.1 Å². The molecule has 1 aromatic rings. The van der Waals surface area contributed by atoms with Gasteiger partial charge in [0.25, 0.3) is 0 Å². The van der Waals surface area contributed by atoms with E-state index in [1.807, 2.05) is 6.92 Å². The Hall–Kier alpha value is -0.680. The number of nitrogens with zero attached hydrogens (tertiary/aromatic N) is 2. The van der Waals surface area contributed by atoms with Crippen molar-refractivity contribution in [3.63, 3.8) is 0 Å². The molecule has 0 atom stereocenters. The first-order valence-electron chi connectivity index (χ1n) is 3.07. The Morgan fingerprint density at radius 2 is 2.40 bits per heavy atom. The first-order chi connectivity index (χ1) is 4.83. The largest absolute Gasteiger partial charge is 0.359 e. The van der Waals surface area contributed by atoms with E-state index in [1.165, 1.54) is 11.3 Å². The average molecular weight is 158 g/mol. The summed E-state index contributed by atoms with van der Waals surface area (Å²) in [5.74, 6) is 0. The Morgan fingerprint density at radius 3 is 2.90 bits per heavy atom. The molecule has 0 aliphatic carbocycles. The fraction of sp³-hybridized carbons (Fsp3) is 0.600. The van der Waals surface area contributed by atoms with Crippen molar-refractivity contribution in [3.8, 4) is 0 Å². The monoisotopic (exact) mass is 158 g/mol. The molecule has 3 N–H and O–H groups in total. The van der Waals surface area contributed by atoms with Crippen LogP contribution in [0.4, 0.5) is 5.13 Å². The van der Waals surface area contributed by atoms with Gasteiger partial charge in [-0.1, -0.05) is 11.3 Å². The van der Waals surface area contributed by atoms with E-state index in [1.54, 1.807) is 0 Å². The van der Waals surface area contributed by atoms with Crippen LogP contribution in [-0.2, 0) is 0 Å². The van der Waals surface area contributed by atoms with E-state index in [-0.39, 0.29) is 0 Å². The summed E-state index contributed by atoms with van der Waals surface area (Å²) in [6, 6.07) is 0. The van der Waals surface area contributed by atoms with Crippen LogP contribution < -0.4 is 11.1 Å². The van der Waals surface area contributed by atoms with E-state index in [0.29, 0.717) is 6.54 Å². The van der Waals surface area contributed by atoms with Crippen molar-refractivity contribution in [1.82, 2.24) is 10.2 Å². The number of nitrogens with two attached hydrogens (primary N) is 1. The lowest BCUT2D eigenvalue weighted by Gasteiger charge is -1.94. The van der Waals surface area contributed by atoms with Gasteiger partial charge in [0.15, 0.2) is 0 Å². The Balaban J connectivity index is 2.42. The second kappa shape index (κ2) is 3.48. The molecule has 0 saturated carbocycles. The topological polar surface area (TPSA) is 63.8 Å². The van der Waals surface area contributed by atoms with E-state index >= 15 is 0 Å². The number of hydrogen-bond acceptors (Lipinski definition) is 5. The molecule has 1 rings (SSSR count). The maximum Gasteiger partial charge on any atom is 0.205 e. The molecule has 0 aliphatic heterocycles. The molecule has 0 unspecified atom stereocenters. The quantitative estimate of drug-likeness (QED) is 0.660. The lowest BCUT2D eigenvalue weighted by atomic mass is 10.7. The minimum atomic E-state index is 0.624. The molecular formula is C5H10N4S. The van der Waals surface area contributed by atoms with Crippen LogP contribution in [0.5, 0.6) is 0 Å². The van der Waals surface area contributed by atoms with E-state index in [2.05, 4.69) is 15.5 Å². The van der Waals surface area contributed by atoms with Crippen LogP contribution in [0.15, 0.2) is 0 Å². The minimum absolute atomic E-state index is 0.624. The molecule has 0 spiro atoms. The molecule has 56 valence electrons. The van der Waals surface area contributed by atoms with E-state index < -0.39 is 0 Å². The Bertz CT molecular complexity index is 197. The van der Waals surface area contributed by atoms with Gasteiger partial charge in [0, 0.05) is 13.1 Å². The lowest BCUT2D eigenvalue weighted by molar-refractivity contribution is 0.990. The molecular weight excluding hydrogens is 148 g/mol. The van der Waals surface area contributed by atoms with Crippen LogP contribution in [-0.4, -0.2) is 23.3 Å². The van der Waals surface area contributed by atoms with E-state index in [0.717, 1.165) is 16.7 Å². The van der Waals surface area contributed by atoms with Crippen molar-refractivity contribution in [1.29, 1.82) is 0 Å². The van der Waals surface area contributed by atoms with Crippen LogP contribution in [0.1, 0.15) is 5.01 Å². The zero-order valence-corrected chi connectivity index (χ0v) is 6.61. The molecule has 10 heavy (non-hydrogen) atoms. The van der Waals surface area contributed by atoms with Crippen molar-refractivity contribution in [2.45, 2.75) is 6.92 Å². The van der Waals surface area contributed by atoms with Gasteiger partial charge in [-0.2, -0.15) is 0 Å². The third kappa shape index (κ3) is 1.93. The van der Waals surface area contributed by atoms with E-state index in [9.17, 15) is 0 Å². The lowest BCUT2D eigenvalue weighted by Crippen LogP contribution is -2.12. The highest BCUT2D eigenvalue weighted by Crippen LogP contribution is 2.12. The Kier molecular flexibility index (Phi) is 2.58. The van der Waals surface area contributed by atoms with Crippen LogP contribution in [0.3, 0.4) is 0 Å². The van der Waals surface area contributed by atoms with Gasteiger partial charge in [0.2, 0.25) is 5.13 Å². The summed E-state index contributed by atoms with van der Waals surface area (Å²) >= 11 is 1.54. The fourth-order valence-corrected chi connectivity index (χ4v) is 1.16. The highest BCUT2D eigenvalue weighted by Gasteiger charge is 1.95. The van der Waals surface area contributed by atoms with Crippen LogP contribution >= 0.6 is 11.3 Å². The van der Waals surface area contributed by atoms with Crippen molar-refractivity contribution < 1.29 is 0 Å². The summed E-state index contributed by atoms with van der Waals surface area (Å²) in [5, 5.41) is 12.5. The van der Waals surface area contributed by atoms with Crippen molar-refractivity contribution in [3.05, 3.63) is 5.01 Å². The number of rotatable bonds is 3. The molecule has 0 fully saturated rings. The van der Waals surface area contributed by atoms with E-state index in [4.69, 9.17) is 5.73 Å². The summed E-state index contributed by atoms with van der Waals surface area (Å²) < 4.78 is 0. The van der Waals surface area contributed by atoms with Gasteiger partial charge >= 0.3 is 0 Å². The van der Waals surface area contributed by atoms with Gasteiger partial charge in [0.05, 0.1) is 0 Å². The van der Waals surface area contributed by atoms with Crippen molar-refractivity contribution in [2.75, 3.05) is 18.4 Å². The zero-order chi connectivity index (χ0) is 7.40. The molecule has 5 heteroatoms. The maximum absolute atomic E-state index is 5.28. The van der Waals surface area contributed by atoms with Gasteiger partial charge in [0.1, 0.15) is 5.01 Å². The van der Waals surface area contributed by atoms with Gasteiger partial charge in [-0.05, 0) is 6.92 Å². The van der Waals surface area contributed by atoms with Crippen LogP contribution in [0.25, 0.3) is 0 Å². The fourth-order valence-electron chi connectivity index (χ4n) is 0.547. The summed E-state index contributed by atoms with van der Waals surface area (Å²) in [7, 11) is 0. The zero-order valence-electron chi connectivity index (χ0n) is 5.79. The normalized spacial score (nSPS) is 9.80. The third-order valence-corrected chi connectivity index (χ3v) is 1.74. The van der Waals surface area contributed by atoms with Gasteiger partial charge in [-0.25, -0.2) is 0 Å².